The van der Waals surface area contributed by atoms with E-state index in [0.717, 1.165) is 5.69 Å². The van der Waals surface area contributed by atoms with Crippen molar-refractivity contribution in [3.05, 3.63) is 36.0 Å². The Hall–Kier alpha value is -2.97. The summed E-state index contributed by atoms with van der Waals surface area (Å²) in [4.78, 5) is 33.5. The molecule has 3 heterocycles. The van der Waals surface area contributed by atoms with Crippen molar-refractivity contribution in [2.75, 3.05) is 18.0 Å². The van der Waals surface area contributed by atoms with Gasteiger partial charge in [-0.05, 0) is 12.0 Å². The average molecular weight is 358 g/mol. The Morgan fingerprint density at radius 2 is 1.96 bits per heavy atom. The van der Waals surface area contributed by atoms with Crippen LogP contribution in [0.4, 0.5) is 5.82 Å². The topological polar surface area (TPSA) is 127 Å². The van der Waals surface area contributed by atoms with E-state index in [1.165, 1.54) is 6.20 Å². The number of carboxylic acid groups (broad SMARTS) is 1. The lowest BCUT2D eigenvalue weighted by Gasteiger charge is -2.39. The van der Waals surface area contributed by atoms with E-state index in [-0.39, 0.29) is 11.6 Å². The maximum Gasteiger partial charge on any atom is 0.331 e. The summed E-state index contributed by atoms with van der Waals surface area (Å²) in [6.07, 6.45) is 5.33. The van der Waals surface area contributed by atoms with Crippen molar-refractivity contribution in [1.29, 1.82) is 0 Å². The van der Waals surface area contributed by atoms with Gasteiger partial charge in [-0.3, -0.25) is 14.5 Å². The molecule has 0 aliphatic carbocycles. The highest BCUT2D eigenvalue weighted by molar-refractivity contribution is 5.90. The maximum absolute atomic E-state index is 12.1. The third kappa shape index (κ3) is 3.12. The summed E-state index contributed by atoms with van der Waals surface area (Å²) < 4.78 is 1.58. The Balaban J connectivity index is 1.82. The highest BCUT2D eigenvalue weighted by Gasteiger charge is 2.44. The van der Waals surface area contributed by atoms with Gasteiger partial charge >= 0.3 is 5.97 Å². The Morgan fingerprint density at radius 1 is 1.27 bits per heavy atom. The average Bonchev–Trinajstić information content (AvgIpc) is 3.12. The van der Waals surface area contributed by atoms with Crippen molar-refractivity contribution in [2.24, 2.45) is 5.73 Å². The van der Waals surface area contributed by atoms with E-state index >= 15 is 0 Å². The van der Waals surface area contributed by atoms with Gasteiger partial charge in [0.15, 0.2) is 5.54 Å². The molecule has 138 valence electrons. The number of carbonyl (C=O) groups excluding carboxylic acids is 1. The van der Waals surface area contributed by atoms with Crippen LogP contribution >= 0.6 is 0 Å². The number of piperidine rings is 1. The van der Waals surface area contributed by atoms with Crippen LogP contribution in [0.1, 0.15) is 48.8 Å². The predicted octanol–water partition coefficient (Wildman–Crippen LogP) is 0.976. The minimum atomic E-state index is -1.08. The number of hydrogen-bond donors (Lipinski definition) is 2. The number of aromatic nitrogens is 4. The molecule has 0 bridgehead atoms. The molecule has 1 saturated heterocycles. The molecule has 1 fully saturated rings. The van der Waals surface area contributed by atoms with Crippen LogP contribution < -0.4 is 10.6 Å². The minimum absolute atomic E-state index is 0.0891. The first-order chi connectivity index (χ1) is 12.3. The molecule has 9 heteroatoms. The van der Waals surface area contributed by atoms with Gasteiger partial charge in [0.2, 0.25) is 0 Å². The Kier molecular flexibility index (Phi) is 4.62. The monoisotopic (exact) mass is 358 g/mol. The second-order valence-corrected chi connectivity index (χ2v) is 6.79. The van der Waals surface area contributed by atoms with Crippen LogP contribution in [0, 0.1) is 0 Å². The lowest BCUT2D eigenvalue weighted by molar-refractivity contribution is -0.149. The number of carbonyl (C=O) groups is 2. The van der Waals surface area contributed by atoms with Crippen LogP contribution in [0.25, 0.3) is 0 Å². The van der Waals surface area contributed by atoms with Gasteiger partial charge in [-0.1, -0.05) is 13.8 Å². The van der Waals surface area contributed by atoms with E-state index in [0.29, 0.717) is 31.7 Å². The van der Waals surface area contributed by atoms with Gasteiger partial charge < -0.3 is 15.7 Å². The molecule has 0 atom stereocenters. The first kappa shape index (κ1) is 17.8. The number of anilines is 1. The highest BCUT2D eigenvalue weighted by Crippen LogP contribution is 2.32. The number of primary amides is 1. The summed E-state index contributed by atoms with van der Waals surface area (Å²) in [7, 11) is 0. The minimum Gasteiger partial charge on any atom is -0.479 e. The van der Waals surface area contributed by atoms with E-state index in [1.54, 1.807) is 17.1 Å². The Morgan fingerprint density at radius 3 is 2.50 bits per heavy atom. The molecular weight excluding hydrogens is 336 g/mol. The number of aliphatic carboxylic acids is 1. The molecule has 0 aromatic carbocycles. The van der Waals surface area contributed by atoms with Crippen molar-refractivity contribution >= 4 is 17.7 Å². The standard InChI is InChI=1S/C17H22N6O3/c1-11(2)12-3-6-23(21-12)17(16(25)26)4-7-22(8-5-17)14-10-19-9-13(20-14)15(18)24/h3,6,9-11H,4-5,7-8H2,1-2H3,(H2,18,24)(H,25,26). The third-order valence-electron chi connectivity index (χ3n) is 4.83. The van der Waals surface area contributed by atoms with Gasteiger partial charge in [0.1, 0.15) is 11.5 Å². The Bertz CT molecular complexity index is 823. The molecule has 1 amide bonds. The normalized spacial score (nSPS) is 16.7. The summed E-state index contributed by atoms with van der Waals surface area (Å²) in [5.74, 6) is -0.792. The molecule has 0 saturated carbocycles. The molecule has 0 radical (unpaired) electrons. The number of carboxylic acids is 1. The zero-order chi connectivity index (χ0) is 18.9. The van der Waals surface area contributed by atoms with Crippen LogP contribution in [0.5, 0.6) is 0 Å². The predicted molar refractivity (Wildman–Crippen MR) is 93.9 cm³/mol. The summed E-state index contributed by atoms with van der Waals surface area (Å²) in [5, 5.41) is 14.4. The fourth-order valence-electron chi connectivity index (χ4n) is 3.16. The molecule has 3 N–H and O–H groups in total. The van der Waals surface area contributed by atoms with E-state index < -0.39 is 17.4 Å². The molecule has 2 aromatic heterocycles. The van der Waals surface area contributed by atoms with Crippen molar-refractivity contribution in [2.45, 2.75) is 38.1 Å². The fourth-order valence-corrected chi connectivity index (χ4v) is 3.16. The van der Waals surface area contributed by atoms with Crippen molar-refractivity contribution in [1.82, 2.24) is 19.7 Å². The van der Waals surface area contributed by atoms with Crippen LogP contribution in [-0.2, 0) is 10.3 Å². The second kappa shape index (κ2) is 6.74. The first-order valence-corrected chi connectivity index (χ1v) is 8.50. The van der Waals surface area contributed by atoms with Crippen LogP contribution in [0.15, 0.2) is 24.7 Å². The molecular formula is C17H22N6O3. The quantitative estimate of drug-likeness (QED) is 0.815. The molecule has 1 aliphatic rings. The number of nitrogens with two attached hydrogens (primary N) is 1. The smallest absolute Gasteiger partial charge is 0.331 e. The van der Waals surface area contributed by atoms with E-state index in [1.807, 2.05) is 24.8 Å². The fraction of sp³-hybridized carbons (Fsp3) is 0.471. The highest BCUT2D eigenvalue weighted by atomic mass is 16.4. The second-order valence-electron chi connectivity index (χ2n) is 6.79. The number of hydrogen-bond acceptors (Lipinski definition) is 6. The maximum atomic E-state index is 12.1. The van der Waals surface area contributed by atoms with Crippen molar-refractivity contribution in [3.8, 4) is 0 Å². The number of nitrogens with zero attached hydrogens (tertiary/aromatic N) is 5. The lowest BCUT2D eigenvalue weighted by Crippen LogP contribution is -2.51. The van der Waals surface area contributed by atoms with E-state index in [9.17, 15) is 14.7 Å². The Labute approximate surface area is 150 Å². The van der Waals surface area contributed by atoms with Gasteiger partial charge in [-0.15, -0.1) is 0 Å². The van der Waals surface area contributed by atoms with Gasteiger partial charge in [0, 0.05) is 32.1 Å². The largest absolute Gasteiger partial charge is 0.479 e. The summed E-state index contributed by atoms with van der Waals surface area (Å²) in [6.45, 7) is 4.96. The molecule has 9 nitrogen and oxygen atoms in total. The van der Waals surface area contributed by atoms with Crippen molar-refractivity contribution < 1.29 is 14.7 Å². The zero-order valence-corrected chi connectivity index (χ0v) is 14.8. The van der Waals surface area contributed by atoms with Gasteiger partial charge in [0.25, 0.3) is 5.91 Å². The molecule has 0 unspecified atom stereocenters. The molecule has 3 rings (SSSR count). The third-order valence-corrected chi connectivity index (χ3v) is 4.83. The van der Waals surface area contributed by atoms with E-state index in [4.69, 9.17) is 5.73 Å². The molecule has 26 heavy (non-hydrogen) atoms. The van der Waals surface area contributed by atoms with Crippen molar-refractivity contribution in [3.63, 3.8) is 0 Å². The lowest BCUT2D eigenvalue weighted by atomic mass is 9.87. The van der Waals surface area contributed by atoms with Crippen LogP contribution in [-0.4, -0.2) is 49.8 Å². The molecule has 1 aliphatic heterocycles. The number of rotatable bonds is 5. The van der Waals surface area contributed by atoms with E-state index in [2.05, 4.69) is 15.1 Å². The van der Waals surface area contributed by atoms with Gasteiger partial charge in [-0.25, -0.2) is 9.78 Å². The molecule has 2 aromatic rings. The van der Waals surface area contributed by atoms with Gasteiger partial charge in [-0.2, -0.15) is 5.10 Å². The first-order valence-electron chi connectivity index (χ1n) is 8.50. The zero-order valence-electron chi connectivity index (χ0n) is 14.8. The molecule has 0 spiro atoms. The van der Waals surface area contributed by atoms with Crippen LogP contribution in [0.2, 0.25) is 0 Å². The SMILES string of the molecule is CC(C)c1ccn(C2(C(=O)O)CCN(c3cncc(C(N)=O)n3)CC2)n1. The van der Waals surface area contributed by atoms with Gasteiger partial charge in [0.05, 0.1) is 18.1 Å². The summed E-state index contributed by atoms with van der Waals surface area (Å²) in [5.41, 5.74) is 5.12. The van der Waals surface area contributed by atoms with Crippen LogP contribution in [0.3, 0.4) is 0 Å². The summed E-state index contributed by atoms with van der Waals surface area (Å²) in [6, 6.07) is 1.86. The number of amides is 1. The summed E-state index contributed by atoms with van der Waals surface area (Å²) >= 11 is 0.